The predicted octanol–water partition coefficient (Wildman–Crippen LogP) is 1.80. The maximum absolute atomic E-state index is 12.4. The summed E-state index contributed by atoms with van der Waals surface area (Å²) in [5.74, 6) is 0.0790. The van der Waals surface area contributed by atoms with E-state index in [1.165, 1.54) is 25.3 Å². The van der Waals surface area contributed by atoms with E-state index in [-0.39, 0.29) is 28.5 Å². The van der Waals surface area contributed by atoms with Crippen LogP contribution in [0.25, 0.3) is 0 Å². The molecule has 0 aliphatic carbocycles. The number of nitrogens with zero attached hydrogens (tertiary/aromatic N) is 2. The highest BCUT2D eigenvalue weighted by Crippen LogP contribution is 2.18. The van der Waals surface area contributed by atoms with Gasteiger partial charge in [0.15, 0.2) is 0 Å². The lowest BCUT2D eigenvalue weighted by molar-refractivity contribution is 0.197. The van der Waals surface area contributed by atoms with Crippen LogP contribution in [0.3, 0.4) is 0 Å². The summed E-state index contributed by atoms with van der Waals surface area (Å²) in [7, 11) is -2.85. The number of rotatable bonds is 6. The highest BCUT2D eigenvalue weighted by molar-refractivity contribution is 7.90. The minimum absolute atomic E-state index is 0.00168. The van der Waals surface area contributed by atoms with Gasteiger partial charge in [-0.05, 0) is 32.9 Å². The molecule has 1 aromatic heterocycles. The highest BCUT2D eigenvalue weighted by Gasteiger charge is 2.20. The summed E-state index contributed by atoms with van der Waals surface area (Å²) in [6.45, 7) is 5.15. The fourth-order valence-electron chi connectivity index (χ4n) is 2.09. The normalized spacial score (nSPS) is 10.9. The van der Waals surface area contributed by atoms with Gasteiger partial charge in [0.25, 0.3) is 10.0 Å². The number of hydrogen-bond acceptors (Lipinski definition) is 8. The summed E-state index contributed by atoms with van der Waals surface area (Å²) in [5.41, 5.74) is 0.513. The molecule has 1 aromatic carbocycles. The first-order valence-corrected chi connectivity index (χ1v) is 9.89. The SMILES string of the molecule is COc1cc(C)nc(NC(=O)NS(=O)(=O)c2cccc(OC(=O)NC(C)C)c2)n1. The van der Waals surface area contributed by atoms with Crippen LogP contribution in [-0.4, -0.2) is 43.7 Å². The van der Waals surface area contributed by atoms with Crippen LogP contribution in [0.1, 0.15) is 19.5 Å². The van der Waals surface area contributed by atoms with E-state index in [0.29, 0.717) is 5.69 Å². The van der Waals surface area contributed by atoms with Crippen LogP contribution in [-0.2, 0) is 10.0 Å². The van der Waals surface area contributed by atoms with Gasteiger partial charge in [0.05, 0.1) is 12.0 Å². The van der Waals surface area contributed by atoms with Crippen molar-refractivity contribution in [2.24, 2.45) is 0 Å². The van der Waals surface area contributed by atoms with E-state index in [1.54, 1.807) is 26.8 Å². The molecule has 0 radical (unpaired) electrons. The lowest BCUT2D eigenvalue weighted by Crippen LogP contribution is -2.35. The average Bonchev–Trinajstić information content (AvgIpc) is 2.60. The molecule has 0 spiro atoms. The molecule has 2 aromatic rings. The third-order valence-corrected chi connectivity index (χ3v) is 4.55. The summed E-state index contributed by atoms with van der Waals surface area (Å²) in [5, 5.41) is 4.73. The lowest BCUT2D eigenvalue weighted by Gasteiger charge is -2.11. The van der Waals surface area contributed by atoms with Crippen LogP contribution < -0.4 is 24.8 Å². The topological polar surface area (TPSA) is 149 Å². The summed E-state index contributed by atoms with van der Waals surface area (Å²) in [4.78, 5) is 31.3. The third kappa shape index (κ3) is 6.60. The zero-order valence-electron chi connectivity index (χ0n) is 16.2. The minimum atomic E-state index is -4.25. The number of methoxy groups -OCH3 is 1. The van der Waals surface area contributed by atoms with E-state index in [2.05, 4.69) is 20.6 Å². The molecule has 3 N–H and O–H groups in total. The Bertz CT molecular complexity index is 1010. The minimum Gasteiger partial charge on any atom is -0.481 e. The van der Waals surface area contributed by atoms with Gasteiger partial charge in [-0.2, -0.15) is 4.98 Å². The van der Waals surface area contributed by atoms with Gasteiger partial charge in [-0.1, -0.05) is 6.07 Å². The summed E-state index contributed by atoms with van der Waals surface area (Å²) >= 11 is 0. The first-order valence-electron chi connectivity index (χ1n) is 8.41. The average molecular weight is 423 g/mol. The van der Waals surface area contributed by atoms with Gasteiger partial charge in [-0.15, -0.1) is 0 Å². The van der Waals surface area contributed by atoms with Crippen molar-refractivity contribution in [3.8, 4) is 11.6 Å². The Labute approximate surface area is 167 Å². The smallest absolute Gasteiger partial charge is 0.412 e. The zero-order valence-corrected chi connectivity index (χ0v) is 17.0. The maximum atomic E-state index is 12.4. The molecule has 12 heteroatoms. The second-order valence-corrected chi connectivity index (χ2v) is 7.78. The molecule has 3 amide bonds. The van der Waals surface area contributed by atoms with E-state index in [0.717, 1.165) is 6.07 Å². The van der Waals surface area contributed by atoms with Crippen LogP contribution in [0, 0.1) is 6.92 Å². The third-order valence-electron chi connectivity index (χ3n) is 3.23. The molecule has 0 saturated carbocycles. The van der Waals surface area contributed by atoms with E-state index < -0.39 is 22.1 Å². The van der Waals surface area contributed by atoms with Gasteiger partial charge in [-0.3, -0.25) is 5.32 Å². The van der Waals surface area contributed by atoms with Crippen LogP contribution in [0.5, 0.6) is 11.6 Å². The number of carbonyl (C=O) groups is 2. The van der Waals surface area contributed by atoms with Gasteiger partial charge >= 0.3 is 12.1 Å². The van der Waals surface area contributed by atoms with Gasteiger partial charge in [0.1, 0.15) is 5.75 Å². The van der Waals surface area contributed by atoms with Gasteiger partial charge in [-0.25, -0.2) is 27.7 Å². The molecular formula is C17H21N5O6S. The number of aryl methyl sites for hydroxylation is 1. The first kappa shape index (κ1) is 21.9. The maximum Gasteiger partial charge on any atom is 0.412 e. The van der Waals surface area contributed by atoms with Crippen molar-refractivity contribution < 1.29 is 27.5 Å². The van der Waals surface area contributed by atoms with Crippen molar-refractivity contribution in [1.29, 1.82) is 0 Å². The first-order chi connectivity index (χ1) is 13.6. The van der Waals surface area contributed by atoms with E-state index >= 15 is 0 Å². The second-order valence-electron chi connectivity index (χ2n) is 6.10. The van der Waals surface area contributed by atoms with Crippen molar-refractivity contribution in [3.05, 3.63) is 36.0 Å². The molecule has 0 unspecified atom stereocenters. The van der Waals surface area contributed by atoms with Crippen molar-refractivity contribution in [2.45, 2.75) is 31.7 Å². The standard InChI is InChI=1S/C17H21N5O6S/c1-10(2)18-17(24)28-12-6-5-7-13(9-12)29(25,26)22-16(23)21-15-19-11(3)8-14(20-15)27-4/h5-10H,1-4H3,(H,18,24)(H2,19,20,21,22,23). The predicted molar refractivity (Wildman–Crippen MR) is 103 cm³/mol. The number of benzene rings is 1. The fourth-order valence-corrected chi connectivity index (χ4v) is 3.03. The van der Waals surface area contributed by atoms with Crippen LogP contribution >= 0.6 is 0 Å². The van der Waals surface area contributed by atoms with Crippen LogP contribution in [0.15, 0.2) is 35.2 Å². The molecular weight excluding hydrogens is 402 g/mol. The van der Waals surface area contributed by atoms with Gasteiger partial charge in [0, 0.05) is 23.9 Å². The molecule has 11 nitrogen and oxygen atoms in total. The number of ether oxygens (including phenoxy) is 2. The van der Waals surface area contributed by atoms with Crippen molar-refractivity contribution in [3.63, 3.8) is 0 Å². The molecule has 156 valence electrons. The van der Waals surface area contributed by atoms with E-state index in [4.69, 9.17) is 9.47 Å². The number of urea groups is 1. The molecule has 0 bridgehead atoms. The van der Waals surface area contributed by atoms with Crippen molar-refractivity contribution >= 4 is 28.1 Å². The quantitative estimate of drug-likeness (QED) is 0.637. The summed E-state index contributed by atoms with van der Waals surface area (Å²) in [6.07, 6.45) is -0.731. The molecule has 0 aliphatic heterocycles. The van der Waals surface area contributed by atoms with E-state index in [9.17, 15) is 18.0 Å². The molecule has 29 heavy (non-hydrogen) atoms. The van der Waals surface area contributed by atoms with Crippen molar-refractivity contribution in [2.75, 3.05) is 12.4 Å². The van der Waals surface area contributed by atoms with Crippen molar-refractivity contribution in [1.82, 2.24) is 20.0 Å². The number of sulfonamides is 1. The van der Waals surface area contributed by atoms with Crippen LogP contribution in [0.4, 0.5) is 15.5 Å². The lowest BCUT2D eigenvalue weighted by atomic mass is 10.3. The Morgan fingerprint density at radius 2 is 1.86 bits per heavy atom. The Kier molecular flexibility index (Phi) is 6.93. The monoisotopic (exact) mass is 423 g/mol. The summed E-state index contributed by atoms with van der Waals surface area (Å²) < 4.78 is 36.7. The Morgan fingerprint density at radius 3 is 2.52 bits per heavy atom. The summed E-state index contributed by atoms with van der Waals surface area (Å²) in [6, 6.07) is 5.46. The van der Waals surface area contributed by atoms with E-state index in [1.807, 2.05) is 4.72 Å². The van der Waals surface area contributed by atoms with Gasteiger partial charge in [0.2, 0.25) is 11.8 Å². The molecule has 1 heterocycles. The van der Waals surface area contributed by atoms with Gasteiger partial charge < -0.3 is 14.8 Å². The Hall–Kier alpha value is -3.41. The Morgan fingerprint density at radius 1 is 1.14 bits per heavy atom. The molecule has 2 rings (SSSR count). The number of hydrogen-bond donors (Lipinski definition) is 3. The molecule has 0 aliphatic rings. The number of aromatic nitrogens is 2. The van der Waals surface area contributed by atoms with Crippen LogP contribution in [0.2, 0.25) is 0 Å². The largest absolute Gasteiger partial charge is 0.481 e. The molecule has 0 atom stereocenters. The number of carbonyl (C=O) groups excluding carboxylic acids is 2. The molecule has 0 fully saturated rings. The molecule has 0 saturated heterocycles. The Balaban J connectivity index is 2.10. The highest BCUT2D eigenvalue weighted by atomic mass is 32.2. The number of anilines is 1. The number of nitrogens with one attached hydrogen (secondary N) is 3. The zero-order chi connectivity index (χ0) is 21.6. The fraction of sp³-hybridized carbons (Fsp3) is 0.294. The second kappa shape index (κ2) is 9.19. The number of amides is 3.